The highest BCUT2D eigenvalue weighted by Crippen LogP contribution is 2.29. The van der Waals surface area contributed by atoms with Crippen molar-refractivity contribution in [3.05, 3.63) is 104 Å². The third-order valence-electron chi connectivity index (χ3n) is 5.86. The molecule has 0 bridgehead atoms. The van der Waals surface area contributed by atoms with Crippen molar-refractivity contribution in [2.24, 2.45) is 5.92 Å². The fourth-order valence-corrected chi connectivity index (χ4v) is 4.06. The fraction of sp³-hybridized carbons (Fsp3) is 0.250. The van der Waals surface area contributed by atoms with Crippen LogP contribution in [-0.2, 0) is 19.3 Å². The molecule has 0 aliphatic heterocycles. The molecule has 0 spiro atoms. The molecule has 3 aromatic carbocycles. The van der Waals surface area contributed by atoms with Gasteiger partial charge in [-0.1, -0.05) is 54.6 Å². The topological polar surface area (TPSA) is 13.1 Å². The molecule has 0 saturated heterocycles. The highest BCUT2D eigenvalue weighted by molar-refractivity contribution is 5.54. The second-order valence-electron chi connectivity index (χ2n) is 7.76. The molecule has 3 heteroatoms. The molecule has 0 aromatic heterocycles. The Morgan fingerprint density at radius 2 is 0.774 bits per heavy atom. The van der Waals surface area contributed by atoms with Crippen LogP contribution in [0.25, 0.3) is 14.5 Å². The zero-order valence-electron chi connectivity index (χ0n) is 17.8. The van der Waals surface area contributed by atoms with Gasteiger partial charge in [-0.2, -0.15) is 0 Å². The van der Waals surface area contributed by atoms with Gasteiger partial charge in [-0.25, -0.2) is 0 Å². The molecule has 0 unspecified atom stereocenters. The summed E-state index contributed by atoms with van der Waals surface area (Å²) in [6, 6.07) is 24.2. The Morgan fingerprint density at radius 3 is 1.06 bits per heavy atom. The lowest BCUT2D eigenvalue weighted by molar-refractivity contribution is 0.421. The Kier molecular flexibility index (Phi) is 7.99. The third-order valence-corrected chi connectivity index (χ3v) is 5.86. The van der Waals surface area contributed by atoms with E-state index in [1.807, 2.05) is 54.6 Å². The van der Waals surface area contributed by atoms with Crippen LogP contribution in [0, 0.1) is 25.6 Å². The average Bonchev–Trinajstić information content (AvgIpc) is 2.84. The maximum Gasteiger partial charge on any atom is 0.343 e. The minimum Gasteiger partial charge on any atom is -0.0614 e. The molecule has 0 atom stereocenters. The van der Waals surface area contributed by atoms with E-state index in [2.05, 4.69) is 32.7 Å². The number of hydrogen-bond donors (Lipinski definition) is 0. The van der Waals surface area contributed by atoms with Gasteiger partial charge in [-0.15, -0.1) is 0 Å². The van der Waals surface area contributed by atoms with Gasteiger partial charge in [0, 0.05) is 34.9 Å². The molecule has 0 N–H and O–H groups in total. The molecule has 0 aliphatic carbocycles. The minimum atomic E-state index is 0.516. The molecule has 0 amide bonds. The number of benzene rings is 3. The smallest absolute Gasteiger partial charge is 0.0614 e. The quantitative estimate of drug-likeness (QED) is 0.339. The van der Waals surface area contributed by atoms with Crippen LogP contribution in [0.4, 0.5) is 17.1 Å². The predicted octanol–water partition coefficient (Wildman–Crippen LogP) is 8.28. The largest absolute Gasteiger partial charge is 0.343 e. The van der Waals surface area contributed by atoms with Crippen molar-refractivity contribution in [2.75, 3.05) is 0 Å². The van der Waals surface area contributed by atoms with E-state index in [9.17, 15) is 0 Å². The van der Waals surface area contributed by atoms with Crippen molar-refractivity contribution in [3.8, 4) is 19.7 Å². The molecule has 31 heavy (non-hydrogen) atoms. The first-order valence-corrected chi connectivity index (χ1v) is 10.7. The molecular weight excluding hydrogens is 378 g/mol. The van der Waals surface area contributed by atoms with E-state index >= 15 is 0 Å². The van der Waals surface area contributed by atoms with Gasteiger partial charge in [-0.3, -0.25) is 0 Å². The summed E-state index contributed by atoms with van der Waals surface area (Å²) in [7, 11) is 0. The van der Waals surface area contributed by atoms with Gasteiger partial charge in [0.25, 0.3) is 19.7 Å². The third kappa shape index (κ3) is 6.05. The van der Waals surface area contributed by atoms with E-state index in [4.69, 9.17) is 19.7 Å². The zero-order chi connectivity index (χ0) is 21.9. The van der Waals surface area contributed by atoms with Gasteiger partial charge >= 0.3 is 17.1 Å². The van der Waals surface area contributed by atoms with Gasteiger partial charge < -0.3 is 0 Å². The number of nitrogens with zero attached hydrogens (tertiary/aromatic N) is 3. The summed E-state index contributed by atoms with van der Waals surface area (Å²) in [5.41, 5.74) is 6.14. The molecule has 0 saturated carbocycles. The first-order chi connectivity index (χ1) is 15.2. The molecule has 3 rings (SSSR count). The molecule has 152 valence electrons. The second kappa shape index (κ2) is 11.3. The van der Waals surface area contributed by atoms with Gasteiger partial charge in [0.1, 0.15) is 0 Å². The van der Waals surface area contributed by atoms with Gasteiger partial charge in [0.2, 0.25) is 0 Å². The normalized spacial score (nSPS) is 10.3. The molecule has 3 nitrogen and oxygen atoms in total. The molecule has 0 aliphatic rings. The van der Waals surface area contributed by atoms with Crippen LogP contribution in [0.15, 0.2) is 72.8 Å². The maximum atomic E-state index is 5.57. The van der Waals surface area contributed by atoms with Crippen molar-refractivity contribution >= 4 is 17.1 Å². The SMILES string of the molecule is C#[N+]c1ccccc1CCC(CCc1ccccc1[N+]#C)CCc1ccccc1[N+]#C. The summed E-state index contributed by atoms with van der Waals surface area (Å²) in [5, 5.41) is 0. The first-order valence-electron chi connectivity index (χ1n) is 10.7. The standard InChI is InChI=1S/C28H28N3/c1-29-26-13-7-4-10-23(26)19-16-22(17-20-24-11-5-8-14-27(24)30-2)18-21-25-12-6-9-15-28(25)31-3/h1-15,22H,16-21H2/q+3. The van der Waals surface area contributed by atoms with Crippen LogP contribution in [0.3, 0.4) is 0 Å². The Labute approximate surface area is 185 Å². The van der Waals surface area contributed by atoms with Crippen molar-refractivity contribution in [1.82, 2.24) is 0 Å². The van der Waals surface area contributed by atoms with Crippen molar-refractivity contribution in [2.45, 2.75) is 38.5 Å². The zero-order valence-corrected chi connectivity index (χ0v) is 17.8. The Hall–Kier alpha value is -3.87. The number of para-hydroxylation sites is 3. The highest BCUT2D eigenvalue weighted by atomic mass is 14.7. The number of aryl methyl sites for hydroxylation is 3. The predicted molar refractivity (Wildman–Crippen MR) is 132 cm³/mol. The average molecular weight is 407 g/mol. The van der Waals surface area contributed by atoms with Gasteiger partial charge in [0.15, 0.2) is 0 Å². The molecule has 0 radical (unpaired) electrons. The summed E-state index contributed by atoms with van der Waals surface area (Å²) in [6.45, 7) is 16.7. The van der Waals surface area contributed by atoms with E-state index in [0.29, 0.717) is 5.92 Å². The monoisotopic (exact) mass is 406 g/mol. The lowest BCUT2D eigenvalue weighted by Gasteiger charge is -2.16. The van der Waals surface area contributed by atoms with E-state index in [1.54, 1.807) is 0 Å². The molecular formula is C28H28N3+3. The fourth-order valence-electron chi connectivity index (χ4n) is 4.06. The van der Waals surface area contributed by atoms with Crippen molar-refractivity contribution < 1.29 is 0 Å². The second-order valence-corrected chi connectivity index (χ2v) is 7.76. The van der Waals surface area contributed by atoms with Gasteiger partial charge in [-0.05, 0) is 59.0 Å². The lowest BCUT2D eigenvalue weighted by atomic mass is 9.87. The molecule has 3 aromatic rings. The van der Waals surface area contributed by atoms with Crippen LogP contribution >= 0.6 is 0 Å². The Morgan fingerprint density at radius 1 is 0.484 bits per heavy atom. The summed E-state index contributed by atoms with van der Waals surface area (Å²) < 4.78 is 0. The van der Waals surface area contributed by atoms with Crippen LogP contribution in [-0.4, -0.2) is 0 Å². The van der Waals surface area contributed by atoms with Crippen LogP contribution in [0.1, 0.15) is 36.0 Å². The number of hydrogen-bond acceptors (Lipinski definition) is 0. The van der Waals surface area contributed by atoms with E-state index in [1.165, 1.54) is 16.7 Å². The molecule has 0 heterocycles. The molecule has 0 fully saturated rings. The first kappa shape index (κ1) is 21.8. The summed E-state index contributed by atoms with van der Waals surface area (Å²) in [6.07, 6.45) is 5.97. The van der Waals surface area contributed by atoms with Gasteiger partial charge in [0.05, 0.1) is 0 Å². The van der Waals surface area contributed by atoms with Crippen molar-refractivity contribution in [3.63, 3.8) is 0 Å². The Bertz CT molecular complexity index is 995. The summed E-state index contributed by atoms with van der Waals surface area (Å²) in [5.74, 6) is 0.516. The van der Waals surface area contributed by atoms with Crippen LogP contribution < -0.4 is 0 Å². The Balaban J connectivity index is 1.72. The summed E-state index contributed by atoms with van der Waals surface area (Å²) in [4.78, 5) is 11.8. The van der Waals surface area contributed by atoms with Crippen LogP contribution in [0.2, 0.25) is 0 Å². The number of rotatable bonds is 9. The highest BCUT2D eigenvalue weighted by Gasteiger charge is 2.18. The van der Waals surface area contributed by atoms with Crippen molar-refractivity contribution in [1.29, 1.82) is 0 Å². The lowest BCUT2D eigenvalue weighted by Crippen LogP contribution is -2.07. The summed E-state index contributed by atoms with van der Waals surface area (Å²) >= 11 is 0. The van der Waals surface area contributed by atoms with Crippen LogP contribution in [0.5, 0.6) is 0 Å². The minimum absolute atomic E-state index is 0.516. The van der Waals surface area contributed by atoms with E-state index in [0.717, 1.165) is 55.6 Å². The van der Waals surface area contributed by atoms with E-state index in [-0.39, 0.29) is 0 Å². The maximum absolute atomic E-state index is 5.57. The van der Waals surface area contributed by atoms with E-state index < -0.39 is 0 Å².